The average molecular weight is 258 g/mol. The molecule has 0 aliphatic rings. The van der Waals surface area contributed by atoms with Crippen molar-refractivity contribution in [3.8, 4) is 9.88 Å². The summed E-state index contributed by atoms with van der Waals surface area (Å²) in [5, 5.41) is 0.973. The van der Waals surface area contributed by atoms with E-state index in [-0.39, 0.29) is 0 Å². The molecule has 0 spiro atoms. The Morgan fingerprint density at radius 1 is 1.12 bits per heavy atom. The highest BCUT2D eigenvalue weighted by Crippen LogP contribution is 2.29. The first-order valence-electron chi connectivity index (χ1n) is 5.05. The predicted octanol–water partition coefficient (Wildman–Crippen LogP) is 3.07. The van der Waals surface area contributed by atoms with Crippen LogP contribution in [0.5, 0.6) is 0 Å². The topological polar surface area (TPSA) is 43.1 Å². The second kappa shape index (κ2) is 3.35. The molecule has 4 nitrogen and oxygen atoms in total. The van der Waals surface area contributed by atoms with Crippen LogP contribution in [0.1, 0.15) is 0 Å². The predicted molar refractivity (Wildman–Crippen MR) is 69.5 cm³/mol. The minimum atomic E-state index is 0.764. The van der Waals surface area contributed by atoms with Gasteiger partial charge in [0.1, 0.15) is 0 Å². The van der Waals surface area contributed by atoms with Crippen LogP contribution in [0.4, 0.5) is 0 Å². The van der Waals surface area contributed by atoms with Crippen molar-refractivity contribution in [2.45, 2.75) is 0 Å². The zero-order valence-corrected chi connectivity index (χ0v) is 10.2. The van der Waals surface area contributed by atoms with E-state index in [1.54, 1.807) is 22.9 Å². The standard InChI is InChI=1S/C11H6N4S2/c1-2-4-8-7(3-1)13-11-14-10(17-15(8)11)9-5-12-6-16-9/h1-6H. The molecule has 0 unspecified atom stereocenters. The van der Waals surface area contributed by atoms with Gasteiger partial charge in [0.2, 0.25) is 5.78 Å². The van der Waals surface area contributed by atoms with Crippen LogP contribution < -0.4 is 0 Å². The minimum absolute atomic E-state index is 0.764. The number of rotatable bonds is 1. The monoisotopic (exact) mass is 258 g/mol. The minimum Gasteiger partial charge on any atom is -0.252 e. The molecule has 1 aromatic carbocycles. The van der Waals surface area contributed by atoms with Gasteiger partial charge in [0.05, 0.1) is 21.4 Å². The molecule has 0 amide bonds. The Morgan fingerprint density at radius 2 is 2.06 bits per heavy atom. The smallest absolute Gasteiger partial charge is 0.246 e. The summed E-state index contributed by atoms with van der Waals surface area (Å²) in [6.07, 6.45) is 1.84. The van der Waals surface area contributed by atoms with E-state index in [0.29, 0.717) is 0 Å². The van der Waals surface area contributed by atoms with Crippen molar-refractivity contribution in [3.63, 3.8) is 0 Å². The SMILES string of the molecule is c1ccc2c(c1)nc1nc(-c3cncs3)sn12. The number of hydrogen-bond donors (Lipinski definition) is 0. The van der Waals surface area contributed by atoms with Gasteiger partial charge in [0, 0.05) is 6.20 Å². The molecule has 3 heterocycles. The molecule has 82 valence electrons. The third kappa shape index (κ3) is 1.31. The number of hydrogen-bond acceptors (Lipinski definition) is 5. The second-order valence-corrected chi connectivity index (χ2v) is 5.39. The van der Waals surface area contributed by atoms with Gasteiger partial charge >= 0.3 is 0 Å². The summed E-state index contributed by atoms with van der Waals surface area (Å²) in [6, 6.07) is 8.07. The van der Waals surface area contributed by atoms with Crippen molar-refractivity contribution in [2.75, 3.05) is 0 Å². The van der Waals surface area contributed by atoms with Gasteiger partial charge in [-0.3, -0.25) is 4.98 Å². The van der Waals surface area contributed by atoms with Gasteiger partial charge in [-0.25, -0.2) is 8.77 Å². The van der Waals surface area contributed by atoms with Crippen LogP contribution >= 0.6 is 22.9 Å². The van der Waals surface area contributed by atoms with E-state index < -0.39 is 0 Å². The lowest BCUT2D eigenvalue weighted by molar-refractivity contribution is 1.29. The Morgan fingerprint density at radius 3 is 2.94 bits per heavy atom. The van der Waals surface area contributed by atoms with Gasteiger partial charge < -0.3 is 0 Å². The Balaban J connectivity index is 2.05. The largest absolute Gasteiger partial charge is 0.252 e. The molecule has 4 rings (SSSR count). The summed E-state index contributed by atoms with van der Waals surface area (Å²) in [5.74, 6) is 0.764. The highest BCUT2D eigenvalue weighted by atomic mass is 32.1. The molecule has 6 heteroatoms. The lowest BCUT2D eigenvalue weighted by Crippen LogP contribution is -1.71. The number of nitrogens with zero attached hydrogens (tertiary/aromatic N) is 4. The molecule has 0 saturated carbocycles. The highest BCUT2D eigenvalue weighted by molar-refractivity contribution is 7.18. The van der Waals surface area contributed by atoms with Gasteiger partial charge in [-0.15, -0.1) is 11.3 Å². The molecule has 3 aromatic heterocycles. The fourth-order valence-corrected chi connectivity index (χ4v) is 3.38. The van der Waals surface area contributed by atoms with Crippen LogP contribution in [0, 0.1) is 0 Å². The second-order valence-electron chi connectivity index (χ2n) is 3.57. The van der Waals surface area contributed by atoms with E-state index in [4.69, 9.17) is 0 Å². The maximum absolute atomic E-state index is 4.53. The van der Waals surface area contributed by atoms with Crippen LogP contribution in [0.2, 0.25) is 0 Å². The zero-order chi connectivity index (χ0) is 11.2. The first kappa shape index (κ1) is 9.26. The molecule has 4 aromatic rings. The van der Waals surface area contributed by atoms with E-state index in [1.165, 1.54) is 0 Å². The third-order valence-corrected chi connectivity index (χ3v) is 4.46. The van der Waals surface area contributed by atoms with E-state index in [2.05, 4.69) is 24.8 Å². The van der Waals surface area contributed by atoms with Crippen LogP contribution in [0.25, 0.3) is 26.7 Å². The molecular formula is C11H6N4S2. The normalized spacial score (nSPS) is 11.5. The molecule has 0 radical (unpaired) electrons. The van der Waals surface area contributed by atoms with Crippen molar-refractivity contribution >= 4 is 39.7 Å². The Kier molecular flexibility index (Phi) is 1.82. The van der Waals surface area contributed by atoms with Crippen molar-refractivity contribution in [3.05, 3.63) is 36.0 Å². The first-order valence-corrected chi connectivity index (χ1v) is 6.70. The molecule has 0 fully saturated rings. The Labute approximate surface area is 104 Å². The van der Waals surface area contributed by atoms with Crippen LogP contribution in [0.3, 0.4) is 0 Å². The van der Waals surface area contributed by atoms with Crippen LogP contribution in [0.15, 0.2) is 36.0 Å². The summed E-state index contributed by atoms with van der Waals surface area (Å²) in [4.78, 5) is 14.2. The summed E-state index contributed by atoms with van der Waals surface area (Å²) in [6.45, 7) is 0. The van der Waals surface area contributed by atoms with Gasteiger partial charge in [0.15, 0.2) is 5.01 Å². The summed E-state index contributed by atoms with van der Waals surface area (Å²) in [7, 11) is 0. The number of imidazole rings is 1. The van der Waals surface area contributed by atoms with Gasteiger partial charge in [-0.1, -0.05) is 12.1 Å². The van der Waals surface area contributed by atoms with Crippen LogP contribution in [-0.4, -0.2) is 18.7 Å². The number of thiazole rings is 1. The number of aromatic nitrogens is 4. The zero-order valence-electron chi connectivity index (χ0n) is 8.57. The molecule has 0 atom stereocenters. The fraction of sp³-hybridized carbons (Fsp3) is 0. The molecule has 17 heavy (non-hydrogen) atoms. The molecular weight excluding hydrogens is 252 g/mol. The van der Waals surface area contributed by atoms with Gasteiger partial charge in [-0.05, 0) is 23.7 Å². The molecule has 0 aliphatic carbocycles. The van der Waals surface area contributed by atoms with Crippen LogP contribution in [-0.2, 0) is 0 Å². The first-order chi connectivity index (χ1) is 8.42. The van der Waals surface area contributed by atoms with Crippen molar-refractivity contribution in [1.29, 1.82) is 0 Å². The summed E-state index contributed by atoms with van der Waals surface area (Å²) < 4.78 is 2.06. The maximum atomic E-state index is 4.53. The van der Waals surface area contributed by atoms with Gasteiger partial charge in [-0.2, -0.15) is 4.98 Å². The highest BCUT2D eigenvalue weighted by Gasteiger charge is 2.11. The fourth-order valence-electron chi connectivity index (χ4n) is 1.77. The van der Waals surface area contributed by atoms with Crippen molar-refractivity contribution < 1.29 is 0 Å². The van der Waals surface area contributed by atoms with E-state index >= 15 is 0 Å². The number of fused-ring (bicyclic) bond motifs is 3. The maximum Gasteiger partial charge on any atom is 0.246 e. The Hall–Kier alpha value is -1.79. The average Bonchev–Trinajstić information content (AvgIpc) is 3.03. The Bertz CT molecular complexity index is 797. The van der Waals surface area contributed by atoms with Crippen molar-refractivity contribution in [1.82, 2.24) is 18.7 Å². The lowest BCUT2D eigenvalue weighted by Gasteiger charge is -1.87. The van der Waals surface area contributed by atoms with E-state index in [1.807, 2.05) is 29.9 Å². The quantitative estimate of drug-likeness (QED) is 0.527. The van der Waals surface area contributed by atoms with Gasteiger partial charge in [0.25, 0.3) is 0 Å². The molecule has 0 saturated heterocycles. The molecule has 0 bridgehead atoms. The van der Waals surface area contributed by atoms with E-state index in [9.17, 15) is 0 Å². The van der Waals surface area contributed by atoms with E-state index in [0.717, 1.165) is 26.7 Å². The third-order valence-electron chi connectivity index (χ3n) is 2.53. The summed E-state index contributed by atoms with van der Waals surface area (Å²) in [5.41, 5.74) is 3.91. The molecule has 0 N–H and O–H groups in total. The number of para-hydroxylation sites is 2. The summed E-state index contributed by atoms with van der Waals surface area (Å²) >= 11 is 3.20. The molecule has 0 aliphatic heterocycles. The van der Waals surface area contributed by atoms with Crippen molar-refractivity contribution in [2.24, 2.45) is 0 Å². The number of benzene rings is 1. The lowest BCUT2D eigenvalue weighted by atomic mass is 10.3.